The predicted molar refractivity (Wildman–Crippen MR) is 162 cm³/mol. The molecule has 204 valence electrons. The first-order chi connectivity index (χ1) is 19.6. The highest BCUT2D eigenvalue weighted by molar-refractivity contribution is 6.31. The third-order valence-electron chi connectivity index (χ3n) is 7.31. The van der Waals surface area contributed by atoms with Crippen LogP contribution in [0, 0.1) is 5.92 Å². The highest BCUT2D eigenvalue weighted by Crippen LogP contribution is 2.23. The maximum absolute atomic E-state index is 12.6. The molecule has 0 unspecified atom stereocenters. The lowest BCUT2D eigenvalue weighted by Crippen LogP contribution is -2.33. The van der Waals surface area contributed by atoms with Gasteiger partial charge < -0.3 is 4.74 Å². The topological polar surface area (TPSA) is 53.9 Å². The van der Waals surface area contributed by atoms with Crippen LogP contribution in [0.25, 0.3) is 0 Å². The van der Waals surface area contributed by atoms with Gasteiger partial charge in [-0.15, -0.1) is 0 Å². The number of hydrogen-bond donors (Lipinski definition) is 1. The summed E-state index contributed by atoms with van der Waals surface area (Å²) in [7, 11) is 0. The monoisotopic (exact) mass is 551 g/mol. The normalized spacial score (nSPS) is 14.3. The van der Waals surface area contributed by atoms with E-state index in [4.69, 9.17) is 16.3 Å². The van der Waals surface area contributed by atoms with Crippen molar-refractivity contribution < 1.29 is 9.53 Å². The van der Waals surface area contributed by atoms with Crippen molar-refractivity contribution in [2.24, 2.45) is 11.0 Å². The molecular formula is C34H34ClN3O2. The lowest BCUT2D eigenvalue weighted by Gasteiger charge is -2.32. The van der Waals surface area contributed by atoms with Gasteiger partial charge in [-0.25, -0.2) is 5.43 Å². The molecule has 0 aliphatic carbocycles. The van der Waals surface area contributed by atoms with Crippen LogP contribution in [0.5, 0.6) is 5.75 Å². The number of likely N-dealkylation sites (tertiary alicyclic amines) is 1. The number of piperidine rings is 1. The highest BCUT2D eigenvalue weighted by atomic mass is 35.5. The molecule has 0 saturated carbocycles. The number of ether oxygens (including phenoxy) is 1. The molecule has 4 aromatic carbocycles. The Balaban J connectivity index is 1.04. The largest absolute Gasteiger partial charge is 0.489 e. The van der Waals surface area contributed by atoms with Crippen molar-refractivity contribution in [1.29, 1.82) is 0 Å². The zero-order valence-electron chi connectivity index (χ0n) is 22.5. The van der Waals surface area contributed by atoms with Crippen molar-refractivity contribution in [3.63, 3.8) is 0 Å². The molecule has 0 aromatic heterocycles. The van der Waals surface area contributed by atoms with Crippen LogP contribution in [-0.2, 0) is 19.6 Å². The molecule has 5 rings (SSSR count). The van der Waals surface area contributed by atoms with Crippen molar-refractivity contribution >= 4 is 23.7 Å². The fourth-order valence-corrected chi connectivity index (χ4v) is 5.16. The Morgan fingerprint density at radius 3 is 2.30 bits per heavy atom. The summed E-state index contributed by atoms with van der Waals surface area (Å²) < 4.78 is 5.81. The second kappa shape index (κ2) is 13.9. The van der Waals surface area contributed by atoms with E-state index in [0.29, 0.717) is 17.2 Å². The zero-order chi connectivity index (χ0) is 27.6. The van der Waals surface area contributed by atoms with Crippen LogP contribution < -0.4 is 10.2 Å². The van der Waals surface area contributed by atoms with Crippen molar-refractivity contribution in [3.05, 3.63) is 136 Å². The number of hydrazone groups is 1. The fourth-order valence-electron chi connectivity index (χ4n) is 4.97. The number of carbonyl (C=O) groups excluding carboxylic acids is 1. The first-order valence-electron chi connectivity index (χ1n) is 13.8. The third kappa shape index (κ3) is 8.04. The number of rotatable bonds is 10. The Morgan fingerprint density at radius 1 is 0.875 bits per heavy atom. The van der Waals surface area contributed by atoms with E-state index in [0.717, 1.165) is 42.4 Å². The minimum absolute atomic E-state index is 0.232. The average molecular weight is 552 g/mol. The zero-order valence-corrected chi connectivity index (χ0v) is 23.3. The molecule has 4 aromatic rings. The number of carbonyl (C=O) groups is 1. The Morgan fingerprint density at radius 2 is 1.57 bits per heavy atom. The minimum Gasteiger partial charge on any atom is -0.489 e. The lowest BCUT2D eigenvalue weighted by molar-refractivity contribution is 0.0955. The molecule has 0 bridgehead atoms. The molecule has 1 N–H and O–H groups in total. The van der Waals surface area contributed by atoms with Crippen molar-refractivity contribution in [2.75, 3.05) is 13.1 Å². The summed E-state index contributed by atoms with van der Waals surface area (Å²) in [5.41, 5.74) is 7.65. The first-order valence-corrected chi connectivity index (χ1v) is 14.1. The van der Waals surface area contributed by atoms with Crippen LogP contribution in [0.3, 0.4) is 0 Å². The van der Waals surface area contributed by atoms with Gasteiger partial charge in [0.15, 0.2) is 0 Å². The molecule has 0 atom stereocenters. The van der Waals surface area contributed by atoms with E-state index >= 15 is 0 Å². The number of nitrogens with one attached hydrogen (secondary N) is 1. The second-order valence-electron chi connectivity index (χ2n) is 10.3. The quantitative estimate of drug-likeness (QED) is 0.168. The van der Waals surface area contributed by atoms with Gasteiger partial charge in [-0.3, -0.25) is 9.69 Å². The summed E-state index contributed by atoms with van der Waals surface area (Å²) in [5, 5.41) is 4.80. The van der Waals surface area contributed by atoms with Crippen LogP contribution in [0.4, 0.5) is 0 Å². The first kappa shape index (κ1) is 27.6. The van der Waals surface area contributed by atoms with Gasteiger partial charge in [-0.05, 0) is 97.4 Å². The van der Waals surface area contributed by atoms with Gasteiger partial charge in [0.25, 0.3) is 5.91 Å². The molecule has 1 aliphatic heterocycles. The highest BCUT2D eigenvalue weighted by Gasteiger charge is 2.19. The van der Waals surface area contributed by atoms with Gasteiger partial charge in [-0.2, -0.15) is 5.10 Å². The number of halogens is 1. The molecule has 6 heteroatoms. The SMILES string of the molecule is O=C(N/N=C\c1ccc(OCc2ccccc2Cl)cc1)c1ccc(CN2CCC(Cc3ccccc3)CC2)cc1. The fraction of sp³-hybridized carbons (Fsp3) is 0.235. The number of benzene rings is 4. The van der Waals surface area contributed by atoms with E-state index in [2.05, 4.69) is 45.8 Å². The maximum atomic E-state index is 12.6. The van der Waals surface area contributed by atoms with Crippen LogP contribution in [0.15, 0.2) is 108 Å². The molecule has 1 heterocycles. The van der Waals surface area contributed by atoms with Gasteiger partial charge in [-0.1, -0.05) is 72.3 Å². The molecular weight excluding hydrogens is 518 g/mol. The summed E-state index contributed by atoms with van der Waals surface area (Å²) in [6, 6.07) is 33.7. The molecule has 5 nitrogen and oxygen atoms in total. The van der Waals surface area contributed by atoms with E-state index in [-0.39, 0.29) is 5.91 Å². The van der Waals surface area contributed by atoms with Gasteiger partial charge in [0.2, 0.25) is 0 Å². The molecule has 0 radical (unpaired) electrons. The van der Waals surface area contributed by atoms with Crippen molar-refractivity contribution in [3.8, 4) is 5.75 Å². The predicted octanol–water partition coefficient (Wildman–Crippen LogP) is 7.14. The van der Waals surface area contributed by atoms with E-state index in [1.54, 1.807) is 6.21 Å². The van der Waals surface area contributed by atoms with Crippen molar-refractivity contribution in [2.45, 2.75) is 32.4 Å². The Bertz CT molecular complexity index is 1400. The van der Waals surface area contributed by atoms with Crippen LogP contribution in [0.2, 0.25) is 5.02 Å². The molecule has 1 fully saturated rings. The smallest absolute Gasteiger partial charge is 0.271 e. The molecule has 0 spiro atoms. The average Bonchev–Trinajstić information content (AvgIpc) is 2.99. The summed E-state index contributed by atoms with van der Waals surface area (Å²) in [4.78, 5) is 15.1. The Labute approximate surface area is 241 Å². The maximum Gasteiger partial charge on any atom is 0.271 e. The summed E-state index contributed by atoms with van der Waals surface area (Å²) in [6.45, 7) is 3.54. The van der Waals surface area contributed by atoms with E-state index < -0.39 is 0 Å². The summed E-state index contributed by atoms with van der Waals surface area (Å²) >= 11 is 6.18. The van der Waals surface area contributed by atoms with Gasteiger partial charge >= 0.3 is 0 Å². The van der Waals surface area contributed by atoms with Gasteiger partial charge in [0.05, 0.1) is 6.21 Å². The minimum atomic E-state index is -0.232. The van der Waals surface area contributed by atoms with Gasteiger partial charge in [0.1, 0.15) is 12.4 Å². The Kier molecular flexibility index (Phi) is 9.62. The molecule has 1 amide bonds. The summed E-state index contributed by atoms with van der Waals surface area (Å²) in [6.07, 6.45) is 5.24. The van der Waals surface area contributed by atoms with Crippen LogP contribution in [-0.4, -0.2) is 30.1 Å². The molecule has 40 heavy (non-hydrogen) atoms. The number of hydrogen-bond acceptors (Lipinski definition) is 4. The number of amides is 1. The van der Waals surface area contributed by atoms with E-state index in [1.807, 2.05) is 72.8 Å². The number of nitrogens with zero attached hydrogens (tertiary/aromatic N) is 2. The van der Waals surface area contributed by atoms with Gasteiger partial charge in [0, 0.05) is 22.7 Å². The molecule has 1 aliphatic rings. The van der Waals surface area contributed by atoms with Crippen molar-refractivity contribution in [1.82, 2.24) is 10.3 Å². The van der Waals surface area contributed by atoms with E-state index in [1.165, 1.54) is 30.4 Å². The van der Waals surface area contributed by atoms with Crippen LogP contribution in [0.1, 0.15) is 45.5 Å². The third-order valence-corrected chi connectivity index (χ3v) is 7.68. The summed E-state index contributed by atoms with van der Waals surface area (Å²) in [5.74, 6) is 1.26. The van der Waals surface area contributed by atoms with E-state index in [9.17, 15) is 4.79 Å². The van der Waals surface area contributed by atoms with Crippen LogP contribution >= 0.6 is 11.6 Å². The standard InChI is InChI=1S/C34H34ClN3O2/c35-33-9-5-4-8-31(33)25-40-32-16-12-28(13-17-32)23-36-37-34(39)30-14-10-29(11-15-30)24-38-20-18-27(19-21-38)22-26-6-2-1-3-7-26/h1-17,23,27H,18-22,24-25H2,(H,37,39)/b36-23-. The lowest BCUT2D eigenvalue weighted by atomic mass is 9.90. The Hall–Kier alpha value is -3.93. The second-order valence-corrected chi connectivity index (χ2v) is 10.7. The molecule has 1 saturated heterocycles.